The predicted octanol–water partition coefficient (Wildman–Crippen LogP) is 3.45. The predicted molar refractivity (Wildman–Crippen MR) is 105 cm³/mol. The normalized spacial score (nSPS) is 16.6. The van der Waals surface area contributed by atoms with Crippen LogP contribution < -0.4 is 15.4 Å². The molecule has 1 fully saturated rings. The average Bonchev–Trinajstić information content (AvgIpc) is 2.73. The lowest BCUT2D eigenvalue weighted by molar-refractivity contribution is -0.137. The maximum atomic E-state index is 12.6. The molecule has 0 bridgehead atoms. The molecule has 31 heavy (non-hydrogen) atoms. The quantitative estimate of drug-likeness (QED) is 0.662. The highest BCUT2D eigenvalue weighted by molar-refractivity contribution is 5.95. The monoisotopic (exact) mass is 430 g/mol. The standard InChI is InChI=1S/C21H17F3N4O3/c22-21(23,24)13-2-6-19(26-11-13)31-15-3-5-16-12(9-15)1-4-17(28-16)20(30)27-14-7-8-25-18(29)10-14/h1-6,9,11,14H,7-8,10H2,(H,25,29)(H,27,30)/t14-/m0/s1. The van der Waals surface area contributed by atoms with Crippen LogP contribution in [0, 0.1) is 0 Å². The lowest BCUT2D eigenvalue weighted by atomic mass is 10.1. The van der Waals surface area contributed by atoms with E-state index in [4.69, 9.17) is 4.74 Å². The van der Waals surface area contributed by atoms with Gasteiger partial charge in [-0.1, -0.05) is 6.07 Å². The molecule has 1 saturated heterocycles. The van der Waals surface area contributed by atoms with E-state index in [1.165, 1.54) is 0 Å². The molecule has 2 amide bonds. The van der Waals surface area contributed by atoms with Gasteiger partial charge in [-0.3, -0.25) is 9.59 Å². The van der Waals surface area contributed by atoms with Crippen LogP contribution in [0.2, 0.25) is 0 Å². The number of hydrogen-bond donors (Lipinski definition) is 2. The number of hydrogen-bond acceptors (Lipinski definition) is 5. The van der Waals surface area contributed by atoms with Crippen LogP contribution in [0.15, 0.2) is 48.7 Å². The Morgan fingerprint density at radius 1 is 1.16 bits per heavy atom. The number of amides is 2. The van der Waals surface area contributed by atoms with Gasteiger partial charge in [0.1, 0.15) is 11.4 Å². The van der Waals surface area contributed by atoms with E-state index < -0.39 is 11.7 Å². The molecule has 0 aliphatic carbocycles. The van der Waals surface area contributed by atoms with Crippen molar-refractivity contribution in [1.82, 2.24) is 20.6 Å². The molecule has 0 spiro atoms. The fourth-order valence-corrected chi connectivity index (χ4v) is 3.19. The van der Waals surface area contributed by atoms with Crippen LogP contribution in [-0.4, -0.2) is 34.4 Å². The number of nitrogens with one attached hydrogen (secondary N) is 2. The fraction of sp³-hybridized carbons (Fsp3) is 0.238. The van der Waals surface area contributed by atoms with Gasteiger partial charge >= 0.3 is 6.18 Å². The van der Waals surface area contributed by atoms with E-state index in [1.807, 2.05) is 0 Å². The van der Waals surface area contributed by atoms with Gasteiger partial charge in [-0.15, -0.1) is 0 Å². The summed E-state index contributed by atoms with van der Waals surface area (Å²) in [5, 5.41) is 6.20. The summed E-state index contributed by atoms with van der Waals surface area (Å²) in [5.41, 5.74) is -0.0967. The van der Waals surface area contributed by atoms with Crippen molar-refractivity contribution in [3.8, 4) is 11.6 Å². The van der Waals surface area contributed by atoms with Crippen LogP contribution in [0.3, 0.4) is 0 Å². The van der Waals surface area contributed by atoms with E-state index in [1.54, 1.807) is 30.3 Å². The van der Waals surface area contributed by atoms with E-state index >= 15 is 0 Å². The molecular formula is C21H17F3N4O3. The number of alkyl halides is 3. The molecule has 10 heteroatoms. The van der Waals surface area contributed by atoms with Gasteiger partial charge in [0.05, 0.1) is 11.1 Å². The number of halogens is 3. The van der Waals surface area contributed by atoms with Crippen molar-refractivity contribution < 1.29 is 27.5 Å². The Hall–Kier alpha value is -3.69. The number of fused-ring (bicyclic) bond motifs is 1. The molecule has 4 rings (SSSR count). The summed E-state index contributed by atoms with van der Waals surface area (Å²) in [6.07, 6.45) is -2.87. The molecule has 1 aliphatic rings. The number of carbonyl (C=O) groups is 2. The van der Waals surface area contributed by atoms with Gasteiger partial charge in [0, 0.05) is 36.7 Å². The van der Waals surface area contributed by atoms with Crippen LogP contribution in [0.5, 0.6) is 11.6 Å². The van der Waals surface area contributed by atoms with Crippen LogP contribution in [0.1, 0.15) is 28.9 Å². The highest BCUT2D eigenvalue weighted by Gasteiger charge is 2.30. The fourth-order valence-electron chi connectivity index (χ4n) is 3.19. The average molecular weight is 430 g/mol. The Morgan fingerprint density at radius 3 is 2.71 bits per heavy atom. The van der Waals surface area contributed by atoms with E-state index in [0.717, 1.165) is 12.1 Å². The maximum Gasteiger partial charge on any atom is 0.417 e. The third kappa shape index (κ3) is 4.90. The van der Waals surface area contributed by atoms with Crippen molar-refractivity contribution in [2.75, 3.05) is 6.54 Å². The van der Waals surface area contributed by atoms with Crippen molar-refractivity contribution in [3.05, 3.63) is 59.9 Å². The molecule has 2 N–H and O–H groups in total. The van der Waals surface area contributed by atoms with Crippen LogP contribution in [0.25, 0.3) is 10.9 Å². The largest absolute Gasteiger partial charge is 0.439 e. The first-order valence-electron chi connectivity index (χ1n) is 9.47. The van der Waals surface area contributed by atoms with E-state index in [2.05, 4.69) is 20.6 Å². The van der Waals surface area contributed by atoms with Crippen LogP contribution in [0.4, 0.5) is 13.2 Å². The molecule has 1 aromatic carbocycles. The van der Waals surface area contributed by atoms with Gasteiger partial charge in [0.2, 0.25) is 11.8 Å². The Labute approximate surface area is 174 Å². The summed E-state index contributed by atoms with van der Waals surface area (Å²) < 4.78 is 43.4. The lowest BCUT2D eigenvalue weighted by Crippen LogP contribution is -2.45. The van der Waals surface area contributed by atoms with Crippen molar-refractivity contribution in [1.29, 1.82) is 0 Å². The molecule has 2 aromatic heterocycles. The summed E-state index contributed by atoms with van der Waals surface area (Å²) >= 11 is 0. The Balaban J connectivity index is 1.46. The van der Waals surface area contributed by atoms with Crippen molar-refractivity contribution >= 4 is 22.7 Å². The van der Waals surface area contributed by atoms with Gasteiger partial charge in [-0.2, -0.15) is 13.2 Å². The number of benzene rings is 1. The number of carbonyl (C=O) groups excluding carboxylic acids is 2. The highest BCUT2D eigenvalue weighted by Crippen LogP contribution is 2.30. The SMILES string of the molecule is O=C1C[C@@H](NC(=O)c2ccc3cc(Oc4ccc(C(F)(F)F)cn4)ccc3n2)CCN1. The Bertz CT molecular complexity index is 1130. The highest BCUT2D eigenvalue weighted by atomic mass is 19.4. The van der Waals surface area contributed by atoms with Crippen LogP contribution in [-0.2, 0) is 11.0 Å². The number of ether oxygens (including phenoxy) is 1. The number of pyridine rings is 2. The smallest absolute Gasteiger partial charge is 0.417 e. The first kappa shape index (κ1) is 20.6. The Morgan fingerprint density at radius 2 is 2.00 bits per heavy atom. The molecule has 0 radical (unpaired) electrons. The first-order chi connectivity index (χ1) is 14.8. The van der Waals surface area contributed by atoms with Crippen molar-refractivity contribution in [2.45, 2.75) is 25.1 Å². The van der Waals surface area contributed by atoms with Gasteiger partial charge in [0.25, 0.3) is 5.91 Å². The number of rotatable bonds is 4. The summed E-state index contributed by atoms with van der Waals surface area (Å²) in [4.78, 5) is 31.9. The summed E-state index contributed by atoms with van der Waals surface area (Å²) in [5.74, 6) is -0.0752. The lowest BCUT2D eigenvalue weighted by Gasteiger charge is -2.22. The minimum Gasteiger partial charge on any atom is -0.439 e. The molecule has 1 aliphatic heterocycles. The first-order valence-corrected chi connectivity index (χ1v) is 9.47. The second-order valence-corrected chi connectivity index (χ2v) is 7.05. The third-order valence-electron chi connectivity index (χ3n) is 4.76. The van der Waals surface area contributed by atoms with Gasteiger partial charge in [-0.05, 0) is 36.8 Å². The minimum absolute atomic E-state index is 0.0211. The summed E-state index contributed by atoms with van der Waals surface area (Å²) in [6, 6.07) is 9.93. The molecule has 1 atom stereocenters. The molecule has 7 nitrogen and oxygen atoms in total. The summed E-state index contributed by atoms with van der Waals surface area (Å²) in [6.45, 7) is 0.519. The second kappa shape index (κ2) is 8.21. The number of nitrogens with zero attached hydrogens (tertiary/aromatic N) is 2. The van der Waals surface area contributed by atoms with Gasteiger partial charge in [0.15, 0.2) is 0 Å². The number of piperidine rings is 1. The van der Waals surface area contributed by atoms with E-state index in [-0.39, 0.29) is 35.9 Å². The zero-order valence-corrected chi connectivity index (χ0v) is 16.1. The molecule has 0 saturated carbocycles. The molecule has 3 aromatic rings. The van der Waals surface area contributed by atoms with Crippen molar-refractivity contribution in [3.63, 3.8) is 0 Å². The number of aromatic nitrogens is 2. The molecular weight excluding hydrogens is 413 g/mol. The molecule has 0 unspecified atom stereocenters. The zero-order valence-electron chi connectivity index (χ0n) is 16.1. The summed E-state index contributed by atoms with van der Waals surface area (Å²) in [7, 11) is 0. The Kier molecular flexibility index (Phi) is 5.45. The maximum absolute atomic E-state index is 12.6. The van der Waals surface area contributed by atoms with Crippen molar-refractivity contribution in [2.24, 2.45) is 0 Å². The zero-order chi connectivity index (χ0) is 22.0. The van der Waals surface area contributed by atoms with Crippen LogP contribution >= 0.6 is 0 Å². The molecule has 3 heterocycles. The van der Waals surface area contributed by atoms with Gasteiger partial charge < -0.3 is 15.4 Å². The topological polar surface area (TPSA) is 93.2 Å². The van der Waals surface area contributed by atoms with E-state index in [0.29, 0.717) is 35.8 Å². The third-order valence-corrected chi connectivity index (χ3v) is 4.76. The second-order valence-electron chi connectivity index (χ2n) is 7.05. The van der Waals surface area contributed by atoms with Gasteiger partial charge in [-0.25, -0.2) is 9.97 Å². The molecule has 160 valence electrons. The van der Waals surface area contributed by atoms with E-state index in [9.17, 15) is 22.8 Å². The minimum atomic E-state index is -4.46.